The number of nitrogens with one attached hydrogen (secondary N) is 1. The van der Waals surface area contributed by atoms with Crippen LogP contribution >= 0.6 is 11.6 Å². The number of rotatable bonds is 4. The van der Waals surface area contributed by atoms with Gasteiger partial charge >= 0.3 is 0 Å². The molecule has 130 valence electrons. The van der Waals surface area contributed by atoms with Crippen LogP contribution in [0.3, 0.4) is 0 Å². The van der Waals surface area contributed by atoms with Crippen LogP contribution in [0.25, 0.3) is 0 Å². The fourth-order valence-electron chi connectivity index (χ4n) is 3.73. The minimum atomic E-state index is -0.00787. The zero-order chi connectivity index (χ0) is 17.2. The fourth-order valence-corrected chi connectivity index (χ4v) is 3.91. The molecule has 0 unspecified atom stereocenters. The zero-order valence-corrected chi connectivity index (χ0v) is 15.5. The third-order valence-electron chi connectivity index (χ3n) is 4.99. The van der Waals surface area contributed by atoms with Gasteiger partial charge < -0.3 is 5.32 Å². The molecule has 1 heterocycles. The quantitative estimate of drug-likeness (QED) is 0.843. The molecular weight excluding hydrogens is 320 g/mol. The predicted octanol–water partition coefficient (Wildman–Crippen LogP) is 4.88. The van der Waals surface area contributed by atoms with Crippen molar-refractivity contribution in [2.24, 2.45) is 5.41 Å². The smallest absolute Gasteiger partial charge is 0.162 e. The Morgan fingerprint density at radius 3 is 2.54 bits per heavy atom. The molecule has 0 spiro atoms. The molecule has 0 atom stereocenters. The van der Waals surface area contributed by atoms with E-state index in [0.717, 1.165) is 43.0 Å². The second-order valence-electron chi connectivity index (χ2n) is 7.84. The zero-order valence-electron chi connectivity index (χ0n) is 14.7. The Morgan fingerprint density at radius 1 is 1.12 bits per heavy atom. The van der Waals surface area contributed by atoms with Gasteiger partial charge in [0.15, 0.2) is 5.78 Å². The summed E-state index contributed by atoms with van der Waals surface area (Å²) in [5, 5.41) is 4.17. The number of benzene rings is 1. The highest BCUT2D eigenvalue weighted by Crippen LogP contribution is 2.38. The van der Waals surface area contributed by atoms with Crippen molar-refractivity contribution in [2.45, 2.75) is 46.0 Å². The van der Waals surface area contributed by atoms with E-state index in [1.165, 1.54) is 19.3 Å². The molecule has 1 saturated heterocycles. The average Bonchev–Trinajstić information content (AvgIpc) is 2.53. The summed E-state index contributed by atoms with van der Waals surface area (Å²) >= 11 is 6.31. The van der Waals surface area contributed by atoms with Crippen LogP contribution in [0.5, 0.6) is 0 Å². The summed E-state index contributed by atoms with van der Waals surface area (Å²) in [6.07, 6.45) is 5.29. The number of halogens is 1. The molecule has 4 heteroatoms. The number of para-hydroxylation sites is 1. The van der Waals surface area contributed by atoms with Gasteiger partial charge in [-0.1, -0.05) is 44.0 Å². The molecule has 0 bridgehead atoms. The van der Waals surface area contributed by atoms with E-state index in [-0.39, 0.29) is 11.2 Å². The number of nitrogens with zero attached hydrogens (tertiary/aromatic N) is 1. The topological polar surface area (TPSA) is 32.3 Å². The van der Waals surface area contributed by atoms with E-state index in [4.69, 9.17) is 11.6 Å². The summed E-state index contributed by atoms with van der Waals surface area (Å²) < 4.78 is 0. The molecule has 1 aromatic rings. The lowest BCUT2D eigenvalue weighted by atomic mass is 9.75. The maximum atomic E-state index is 12.8. The summed E-state index contributed by atoms with van der Waals surface area (Å²) in [6, 6.07) is 7.74. The summed E-state index contributed by atoms with van der Waals surface area (Å²) in [7, 11) is 0. The monoisotopic (exact) mass is 346 g/mol. The standard InChI is InChI=1S/C20H27ClN2O/c1-20(2)12-18(22-17-9-5-4-8-16(17)21)15(19(24)13-20)14-23-10-6-3-7-11-23/h4-5,8-9,22H,3,6-7,10-14H2,1-2H3. The van der Waals surface area contributed by atoms with Crippen molar-refractivity contribution < 1.29 is 4.79 Å². The molecule has 3 rings (SSSR count). The van der Waals surface area contributed by atoms with Crippen LogP contribution in [0.1, 0.15) is 46.0 Å². The van der Waals surface area contributed by atoms with Crippen LogP contribution < -0.4 is 5.32 Å². The fraction of sp³-hybridized carbons (Fsp3) is 0.550. The lowest BCUT2D eigenvalue weighted by Crippen LogP contribution is -2.37. The molecule has 2 aliphatic rings. The van der Waals surface area contributed by atoms with Crippen molar-refractivity contribution in [3.05, 3.63) is 40.6 Å². The average molecular weight is 347 g/mol. The molecule has 0 aromatic heterocycles. The number of likely N-dealkylation sites (tertiary alicyclic amines) is 1. The van der Waals surface area contributed by atoms with E-state index in [1.807, 2.05) is 24.3 Å². The highest BCUT2D eigenvalue weighted by molar-refractivity contribution is 6.33. The second kappa shape index (κ2) is 7.28. The number of allylic oxidation sites excluding steroid dienone is 1. The van der Waals surface area contributed by atoms with Crippen molar-refractivity contribution in [2.75, 3.05) is 25.0 Å². The van der Waals surface area contributed by atoms with Crippen LogP contribution in [-0.4, -0.2) is 30.3 Å². The third kappa shape index (κ3) is 4.20. The normalized spacial score (nSPS) is 21.9. The number of hydrogen-bond acceptors (Lipinski definition) is 3. The number of piperidine rings is 1. The maximum absolute atomic E-state index is 12.8. The Kier molecular flexibility index (Phi) is 5.31. The van der Waals surface area contributed by atoms with Gasteiger partial charge in [0.05, 0.1) is 10.7 Å². The number of carbonyl (C=O) groups is 1. The Balaban J connectivity index is 1.88. The Hall–Kier alpha value is -1.32. The molecule has 1 aliphatic carbocycles. The third-order valence-corrected chi connectivity index (χ3v) is 5.31. The van der Waals surface area contributed by atoms with Crippen LogP contribution in [0.4, 0.5) is 5.69 Å². The lowest BCUT2D eigenvalue weighted by molar-refractivity contribution is -0.118. The molecular formula is C20H27ClN2O. The molecule has 1 fully saturated rings. The lowest BCUT2D eigenvalue weighted by Gasteiger charge is -2.35. The first-order chi connectivity index (χ1) is 11.4. The van der Waals surface area contributed by atoms with Crippen LogP contribution in [0.2, 0.25) is 5.02 Å². The first kappa shape index (κ1) is 17.5. The Labute approximate surface area is 150 Å². The van der Waals surface area contributed by atoms with Gasteiger partial charge in [0.25, 0.3) is 0 Å². The van der Waals surface area contributed by atoms with Crippen LogP contribution in [0.15, 0.2) is 35.5 Å². The second-order valence-corrected chi connectivity index (χ2v) is 8.25. The van der Waals surface area contributed by atoms with Gasteiger partial charge in [-0.3, -0.25) is 9.69 Å². The molecule has 24 heavy (non-hydrogen) atoms. The van der Waals surface area contributed by atoms with E-state index >= 15 is 0 Å². The molecule has 1 aliphatic heterocycles. The van der Waals surface area contributed by atoms with Gasteiger partial charge in [-0.2, -0.15) is 0 Å². The minimum absolute atomic E-state index is 0.00787. The largest absolute Gasteiger partial charge is 0.357 e. The highest BCUT2D eigenvalue weighted by atomic mass is 35.5. The summed E-state index contributed by atoms with van der Waals surface area (Å²) in [5.41, 5.74) is 2.88. The highest BCUT2D eigenvalue weighted by Gasteiger charge is 2.33. The number of Topliss-reactive ketones (excluding diaryl/α,β-unsaturated/α-hetero) is 1. The van der Waals surface area contributed by atoms with Crippen molar-refractivity contribution in [3.8, 4) is 0 Å². The Morgan fingerprint density at radius 2 is 1.83 bits per heavy atom. The summed E-state index contributed by atoms with van der Waals surface area (Å²) in [4.78, 5) is 15.2. The van der Waals surface area contributed by atoms with Gasteiger partial charge in [0.1, 0.15) is 0 Å². The van der Waals surface area contributed by atoms with E-state index in [2.05, 4.69) is 24.1 Å². The molecule has 0 saturated carbocycles. The van der Waals surface area contributed by atoms with Crippen molar-refractivity contribution in [1.82, 2.24) is 4.90 Å². The Bertz CT molecular complexity index is 645. The maximum Gasteiger partial charge on any atom is 0.162 e. The van der Waals surface area contributed by atoms with E-state index in [1.54, 1.807) is 0 Å². The summed E-state index contributed by atoms with van der Waals surface area (Å²) in [5.74, 6) is 0.284. The molecule has 1 aromatic carbocycles. The summed E-state index contributed by atoms with van der Waals surface area (Å²) in [6.45, 7) is 7.29. The van der Waals surface area contributed by atoms with Crippen molar-refractivity contribution in [3.63, 3.8) is 0 Å². The van der Waals surface area contributed by atoms with Gasteiger partial charge in [0, 0.05) is 24.2 Å². The molecule has 1 N–H and O–H groups in total. The number of ketones is 1. The first-order valence-corrected chi connectivity index (χ1v) is 9.31. The number of carbonyl (C=O) groups excluding carboxylic acids is 1. The van der Waals surface area contributed by atoms with E-state index < -0.39 is 0 Å². The number of anilines is 1. The molecule has 0 amide bonds. The molecule has 0 radical (unpaired) electrons. The van der Waals surface area contributed by atoms with E-state index in [9.17, 15) is 4.79 Å². The van der Waals surface area contributed by atoms with Gasteiger partial charge in [-0.25, -0.2) is 0 Å². The van der Waals surface area contributed by atoms with Crippen molar-refractivity contribution in [1.29, 1.82) is 0 Å². The van der Waals surface area contributed by atoms with Crippen molar-refractivity contribution >= 4 is 23.1 Å². The van der Waals surface area contributed by atoms with Gasteiger partial charge in [-0.15, -0.1) is 0 Å². The van der Waals surface area contributed by atoms with Crippen LogP contribution in [-0.2, 0) is 4.79 Å². The SMILES string of the molecule is CC1(C)CC(=O)C(CN2CCCCC2)=C(Nc2ccccc2Cl)C1. The van der Waals surface area contributed by atoms with E-state index in [0.29, 0.717) is 11.4 Å². The first-order valence-electron chi connectivity index (χ1n) is 8.94. The predicted molar refractivity (Wildman–Crippen MR) is 100 cm³/mol. The van der Waals surface area contributed by atoms with Gasteiger partial charge in [-0.05, 0) is 49.9 Å². The minimum Gasteiger partial charge on any atom is -0.357 e. The molecule has 3 nitrogen and oxygen atoms in total. The number of hydrogen-bond donors (Lipinski definition) is 1. The van der Waals surface area contributed by atoms with Gasteiger partial charge in [0.2, 0.25) is 0 Å². The van der Waals surface area contributed by atoms with Crippen LogP contribution in [0, 0.1) is 5.41 Å².